The van der Waals surface area contributed by atoms with Crippen LogP contribution >= 0.6 is 11.6 Å². The van der Waals surface area contributed by atoms with Gasteiger partial charge in [0, 0.05) is 51.4 Å². The normalized spacial score (nSPS) is 16.2. The lowest BCUT2D eigenvalue weighted by Crippen LogP contribution is -2.53. The number of carbonyl (C=O) groups is 1. The van der Waals surface area contributed by atoms with Gasteiger partial charge in [0.05, 0.1) is 12.8 Å². The number of urea groups is 1. The maximum atomic E-state index is 12.5. The van der Waals surface area contributed by atoms with Crippen LogP contribution in [0.1, 0.15) is 5.56 Å². The predicted molar refractivity (Wildman–Crippen MR) is 97.5 cm³/mol. The zero-order valence-electron chi connectivity index (χ0n) is 14.7. The molecule has 1 fully saturated rings. The van der Waals surface area contributed by atoms with Crippen molar-refractivity contribution in [2.75, 3.05) is 52.7 Å². The standard InChI is InChI=1S/C15H23ClN4O4S/c1-11-9-13(14(24-4)10-12(11)16)17-15(21)19-5-7-20(8-6-19)25(22,23)18(2)3/h9-10H,5-8H2,1-4H3,(H,17,21). The lowest BCUT2D eigenvalue weighted by atomic mass is 10.2. The van der Waals surface area contributed by atoms with E-state index in [0.29, 0.717) is 29.5 Å². The number of hydrogen-bond acceptors (Lipinski definition) is 4. The van der Waals surface area contributed by atoms with Crippen molar-refractivity contribution >= 4 is 33.5 Å². The number of halogens is 1. The molecule has 1 aliphatic heterocycles. The number of carbonyl (C=O) groups excluding carboxylic acids is 1. The third-order valence-electron chi connectivity index (χ3n) is 4.04. The molecule has 1 aliphatic rings. The highest BCUT2D eigenvalue weighted by atomic mass is 35.5. The van der Waals surface area contributed by atoms with Gasteiger partial charge in [0.15, 0.2) is 0 Å². The molecule has 140 valence electrons. The van der Waals surface area contributed by atoms with Crippen LogP contribution in [0.15, 0.2) is 12.1 Å². The fraction of sp³-hybridized carbons (Fsp3) is 0.533. The molecule has 2 amide bonds. The molecule has 0 aromatic heterocycles. The lowest BCUT2D eigenvalue weighted by Gasteiger charge is -2.35. The number of nitrogens with one attached hydrogen (secondary N) is 1. The van der Waals surface area contributed by atoms with E-state index in [1.54, 1.807) is 17.0 Å². The third kappa shape index (κ3) is 4.35. The van der Waals surface area contributed by atoms with Crippen molar-refractivity contribution in [3.05, 3.63) is 22.7 Å². The summed E-state index contributed by atoms with van der Waals surface area (Å²) in [5, 5.41) is 3.35. The van der Waals surface area contributed by atoms with Crippen molar-refractivity contribution in [2.45, 2.75) is 6.92 Å². The maximum absolute atomic E-state index is 12.5. The molecule has 1 aromatic rings. The molecule has 0 saturated carbocycles. The monoisotopic (exact) mass is 390 g/mol. The Kier molecular flexibility index (Phi) is 6.15. The molecule has 0 bridgehead atoms. The van der Waals surface area contributed by atoms with E-state index in [1.165, 1.54) is 29.8 Å². The average Bonchev–Trinajstić information content (AvgIpc) is 2.57. The highest BCUT2D eigenvalue weighted by molar-refractivity contribution is 7.86. The fourth-order valence-corrected chi connectivity index (χ4v) is 3.72. The Bertz CT molecular complexity index is 746. The van der Waals surface area contributed by atoms with Crippen molar-refractivity contribution in [3.63, 3.8) is 0 Å². The van der Waals surface area contributed by atoms with E-state index in [9.17, 15) is 13.2 Å². The van der Waals surface area contributed by atoms with Gasteiger partial charge in [-0.25, -0.2) is 4.79 Å². The molecule has 10 heteroatoms. The van der Waals surface area contributed by atoms with Crippen LogP contribution in [0.3, 0.4) is 0 Å². The van der Waals surface area contributed by atoms with Gasteiger partial charge in [-0.1, -0.05) is 11.6 Å². The molecule has 1 saturated heterocycles. The van der Waals surface area contributed by atoms with E-state index < -0.39 is 10.2 Å². The Morgan fingerprint density at radius 2 is 1.84 bits per heavy atom. The van der Waals surface area contributed by atoms with Gasteiger partial charge in [-0.15, -0.1) is 0 Å². The Hall–Kier alpha value is -1.55. The molecular weight excluding hydrogens is 368 g/mol. The first-order chi connectivity index (χ1) is 11.7. The number of amides is 2. The molecule has 1 aromatic carbocycles. The topological polar surface area (TPSA) is 82.2 Å². The fourth-order valence-electron chi connectivity index (χ4n) is 2.48. The largest absolute Gasteiger partial charge is 0.495 e. The summed E-state index contributed by atoms with van der Waals surface area (Å²) >= 11 is 6.06. The van der Waals surface area contributed by atoms with Gasteiger partial charge in [-0.05, 0) is 18.6 Å². The van der Waals surface area contributed by atoms with Crippen LogP contribution < -0.4 is 10.1 Å². The molecule has 0 unspecified atom stereocenters. The minimum absolute atomic E-state index is 0.255. The molecule has 0 atom stereocenters. The van der Waals surface area contributed by atoms with Crippen molar-refractivity contribution < 1.29 is 17.9 Å². The minimum atomic E-state index is -3.46. The second kappa shape index (κ2) is 7.77. The molecule has 0 spiro atoms. The summed E-state index contributed by atoms with van der Waals surface area (Å²) < 4.78 is 32.0. The summed E-state index contributed by atoms with van der Waals surface area (Å²) in [5.41, 5.74) is 1.34. The van der Waals surface area contributed by atoms with Crippen LogP contribution in [0.4, 0.5) is 10.5 Å². The molecule has 2 rings (SSSR count). The summed E-state index contributed by atoms with van der Waals surface area (Å²) in [5.74, 6) is 0.470. The maximum Gasteiger partial charge on any atom is 0.322 e. The zero-order chi connectivity index (χ0) is 18.8. The third-order valence-corrected chi connectivity index (χ3v) is 6.38. The summed E-state index contributed by atoms with van der Waals surface area (Å²) in [6.45, 7) is 2.97. The Balaban J connectivity index is 2.04. The van der Waals surface area contributed by atoms with Crippen LogP contribution in [0.25, 0.3) is 0 Å². The quantitative estimate of drug-likeness (QED) is 0.846. The second-order valence-electron chi connectivity index (χ2n) is 5.91. The summed E-state index contributed by atoms with van der Waals surface area (Å²) in [7, 11) is 1.03. The molecule has 0 radical (unpaired) electrons. The first kappa shape index (κ1) is 19.8. The van der Waals surface area contributed by atoms with E-state index in [2.05, 4.69) is 5.32 Å². The number of benzene rings is 1. The zero-order valence-corrected chi connectivity index (χ0v) is 16.3. The van der Waals surface area contributed by atoms with Crippen molar-refractivity contribution in [1.29, 1.82) is 0 Å². The van der Waals surface area contributed by atoms with E-state index in [-0.39, 0.29) is 19.1 Å². The highest BCUT2D eigenvalue weighted by Gasteiger charge is 2.30. The molecular formula is C15H23ClN4O4S. The molecule has 8 nitrogen and oxygen atoms in total. The molecule has 25 heavy (non-hydrogen) atoms. The van der Waals surface area contributed by atoms with E-state index >= 15 is 0 Å². The predicted octanol–water partition coefficient (Wildman–Crippen LogP) is 1.61. The molecule has 1 N–H and O–H groups in total. The summed E-state index contributed by atoms with van der Waals surface area (Å²) in [6.07, 6.45) is 0. The first-order valence-electron chi connectivity index (χ1n) is 7.74. The van der Waals surface area contributed by atoms with Gasteiger partial charge in [-0.3, -0.25) is 0 Å². The van der Waals surface area contributed by atoms with Crippen molar-refractivity contribution in [2.24, 2.45) is 0 Å². The SMILES string of the molecule is COc1cc(Cl)c(C)cc1NC(=O)N1CCN(S(=O)(=O)N(C)C)CC1. The first-order valence-corrected chi connectivity index (χ1v) is 9.52. The highest BCUT2D eigenvalue weighted by Crippen LogP contribution is 2.31. The van der Waals surface area contributed by atoms with Gasteiger partial charge < -0.3 is 15.0 Å². The lowest BCUT2D eigenvalue weighted by molar-refractivity contribution is 0.182. The summed E-state index contributed by atoms with van der Waals surface area (Å²) in [4.78, 5) is 14.0. The van der Waals surface area contributed by atoms with Crippen molar-refractivity contribution in [1.82, 2.24) is 13.5 Å². The van der Waals surface area contributed by atoms with E-state index in [0.717, 1.165) is 5.56 Å². The van der Waals surface area contributed by atoms with Crippen LogP contribution in [-0.4, -0.2) is 75.3 Å². The van der Waals surface area contributed by atoms with Crippen LogP contribution in [0.2, 0.25) is 5.02 Å². The number of nitrogens with zero attached hydrogens (tertiary/aromatic N) is 3. The number of methoxy groups -OCH3 is 1. The summed E-state index contributed by atoms with van der Waals surface area (Å²) in [6, 6.07) is 3.09. The number of piperazine rings is 1. The minimum Gasteiger partial charge on any atom is -0.495 e. The Morgan fingerprint density at radius 3 is 2.36 bits per heavy atom. The van der Waals surface area contributed by atoms with E-state index in [4.69, 9.17) is 16.3 Å². The number of aryl methyl sites for hydroxylation is 1. The van der Waals surface area contributed by atoms with Crippen LogP contribution in [0, 0.1) is 6.92 Å². The van der Waals surface area contributed by atoms with Crippen molar-refractivity contribution in [3.8, 4) is 5.75 Å². The Labute approximate surface area is 153 Å². The average molecular weight is 391 g/mol. The number of hydrogen-bond donors (Lipinski definition) is 1. The van der Waals surface area contributed by atoms with Gasteiger partial charge in [-0.2, -0.15) is 17.0 Å². The van der Waals surface area contributed by atoms with Gasteiger partial charge >= 0.3 is 6.03 Å². The van der Waals surface area contributed by atoms with Crippen LogP contribution in [-0.2, 0) is 10.2 Å². The Morgan fingerprint density at radius 1 is 1.24 bits per heavy atom. The smallest absolute Gasteiger partial charge is 0.322 e. The number of anilines is 1. The number of rotatable bonds is 4. The second-order valence-corrected chi connectivity index (χ2v) is 8.46. The van der Waals surface area contributed by atoms with Gasteiger partial charge in [0.2, 0.25) is 0 Å². The molecule has 0 aliphatic carbocycles. The van der Waals surface area contributed by atoms with Gasteiger partial charge in [0.1, 0.15) is 5.75 Å². The number of ether oxygens (including phenoxy) is 1. The van der Waals surface area contributed by atoms with Crippen LogP contribution in [0.5, 0.6) is 5.75 Å². The van der Waals surface area contributed by atoms with E-state index in [1.807, 2.05) is 6.92 Å². The van der Waals surface area contributed by atoms with Gasteiger partial charge in [0.25, 0.3) is 10.2 Å². The molecule has 1 heterocycles.